The summed E-state index contributed by atoms with van der Waals surface area (Å²) in [7, 11) is 0. The summed E-state index contributed by atoms with van der Waals surface area (Å²) < 4.78 is 0. The fraction of sp³-hybridized carbons (Fsp3) is 0.533. The van der Waals surface area contributed by atoms with Crippen LogP contribution in [0.4, 0.5) is 0 Å². The number of carbonyl (C=O) groups excluding carboxylic acids is 1. The van der Waals surface area contributed by atoms with Gasteiger partial charge in [0.2, 0.25) is 0 Å². The van der Waals surface area contributed by atoms with E-state index in [0.717, 1.165) is 44.6 Å². The predicted octanol–water partition coefficient (Wildman–Crippen LogP) is 1.40. The van der Waals surface area contributed by atoms with Gasteiger partial charge in [0.25, 0.3) is 0 Å². The van der Waals surface area contributed by atoms with Crippen LogP contribution in [0.2, 0.25) is 0 Å². The molecule has 96 valence electrons. The van der Waals surface area contributed by atoms with Crippen LogP contribution in [-0.2, 0) is 6.42 Å². The van der Waals surface area contributed by atoms with Crippen molar-refractivity contribution >= 4 is 5.78 Å². The number of nitrogens with one attached hydrogen (secondary N) is 1. The highest BCUT2D eigenvalue weighted by atomic mass is 16.1. The van der Waals surface area contributed by atoms with E-state index in [1.54, 1.807) is 0 Å². The minimum Gasteiger partial charge on any atom is -0.314 e. The van der Waals surface area contributed by atoms with Crippen LogP contribution in [0.25, 0.3) is 0 Å². The summed E-state index contributed by atoms with van der Waals surface area (Å²) in [6.07, 6.45) is 2.02. The Balaban J connectivity index is 1.84. The first-order valence-corrected chi connectivity index (χ1v) is 6.84. The van der Waals surface area contributed by atoms with Gasteiger partial charge >= 0.3 is 0 Å². The van der Waals surface area contributed by atoms with Crippen molar-refractivity contribution in [2.45, 2.75) is 25.8 Å². The fourth-order valence-corrected chi connectivity index (χ4v) is 3.11. The molecule has 1 heterocycles. The van der Waals surface area contributed by atoms with Gasteiger partial charge in [0.15, 0.2) is 5.78 Å². The van der Waals surface area contributed by atoms with Gasteiger partial charge in [0, 0.05) is 31.7 Å². The minimum absolute atomic E-state index is 0.113. The molecule has 1 N–H and O–H groups in total. The summed E-state index contributed by atoms with van der Waals surface area (Å²) in [4.78, 5) is 14.9. The lowest BCUT2D eigenvalue weighted by Crippen LogP contribution is -2.52. The third-order valence-corrected chi connectivity index (χ3v) is 4.11. The summed E-state index contributed by atoms with van der Waals surface area (Å²) in [5.41, 5.74) is 3.45. The maximum atomic E-state index is 12.6. The van der Waals surface area contributed by atoms with E-state index in [4.69, 9.17) is 0 Å². The van der Waals surface area contributed by atoms with Crippen LogP contribution >= 0.6 is 0 Å². The lowest BCUT2D eigenvalue weighted by molar-refractivity contribution is 0.0766. The van der Waals surface area contributed by atoms with E-state index in [9.17, 15) is 4.79 Å². The van der Waals surface area contributed by atoms with Crippen LogP contribution in [0.5, 0.6) is 0 Å². The van der Waals surface area contributed by atoms with Crippen LogP contribution in [0.15, 0.2) is 18.2 Å². The summed E-state index contributed by atoms with van der Waals surface area (Å²) in [5.74, 6) is 0.332. The van der Waals surface area contributed by atoms with Crippen LogP contribution in [-0.4, -0.2) is 42.9 Å². The first-order chi connectivity index (χ1) is 8.75. The molecule has 0 radical (unpaired) electrons. The molecule has 1 aromatic rings. The molecular formula is C15H20N2O. The third-order valence-electron chi connectivity index (χ3n) is 4.11. The molecule has 0 amide bonds. The molecule has 0 aromatic heterocycles. The molecule has 2 aliphatic rings. The molecule has 3 nitrogen and oxygen atoms in total. The molecule has 1 aliphatic carbocycles. The maximum Gasteiger partial charge on any atom is 0.180 e. The van der Waals surface area contributed by atoms with Crippen molar-refractivity contribution < 1.29 is 4.79 Å². The Labute approximate surface area is 108 Å². The number of piperazine rings is 1. The van der Waals surface area contributed by atoms with Gasteiger partial charge in [-0.1, -0.05) is 23.8 Å². The Morgan fingerprint density at radius 3 is 2.83 bits per heavy atom. The van der Waals surface area contributed by atoms with E-state index >= 15 is 0 Å². The Morgan fingerprint density at radius 2 is 2.06 bits per heavy atom. The average molecular weight is 244 g/mol. The van der Waals surface area contributed by atoms with Gasteiger partial charge in [-0.25, -0.2) is 0 Å². The normalized spacial score (nSPS) is 24.9. The van der Waals surface area contributed by atoms with Gasteiger partial charge in [-0.3, -0.25) is 9.69 Å². The second kappa shape index (κ2) is 4.82. The molecule has 3 rings (SSSR count). The molecule has 1 aromatic carbocycles. The lowest BCUT2D eigenvalue weighted by atomic mass is 9.85. The SMILES string of the molecule is Cc1ccc2c(c1)CCC(N1CCNCC1)C2=O. The Kier molecular flexibility index (Phi) is 3.18. The van der Waals surface area contributed by atoms with Gasteiger partial charge in [-0.05, 0) is 25.3 Å². The van der Waals surface area contributed by atoms with Crippen molar-refractivity contribution in [2.75, 3.05) is 26.2 Å². The van der Waals surface area contributed by atoms with Gasteiger partial charge in [-0.15, -0.1) is 0 Å². The zero-order chi connectivity index (χ0) is 12.5. The quantitative estimate of drug-likeness (QED) is 0.810. The Morgan fingerprint density at radius 1 is 1.28 bits per heavy atom. The van der Waals surface area contributed by atoms with Gasteiger partial charge in [-0.2, -0.15) is 0 Å². The second-order valence-corrected chi connectivity index (χ2v) is 5.37. The first-order valence-electron chi connectivity index (χ1n) is 6.84. The largest absolute Gasteiger partial charge is 0.314 e. The average Bonchev–Trinajstić information content (AvgIpc) is 2.40. The highest BCUT2D eigenvalue weighted by molar-refractivity contribution is 6.02. The van der Waals surface area contributed by atoms with Crippen LogP contribution < -0.4 is 5.32 Å². The van der Waals surface area contributed by atoms with Gasteiger partial charge < -0.3 is 5.32 Å². The smallest absolute Gasteiger partial charge is 0.180 e. The van der Waals surface area contributed by atoms with E-state index < -0.39 is 0 Å². The van der Waals surface area contributed by atoms with Crippen molar-refractivity contribution in [2.24, 2.45) is 0 Å². The molecule has 1 saturated heterocycles. The van der Waals surface area contributed by atoms with E-state index in [-0.39, 0.29) is 6.04 Å². The highest BCUT2D eigenvalue weighted by Gasteiger charge is 2.32. The molecule has 0 bridgehead atoms. The van der Waals surface area contributed by atoms with Crippen LogP contribution in [0.3, 0.4) is 0 Å². The summed E-state index contributed by atoms with van der Waals surface area (Å²) >= 11 is 0. The summed E-state index contributed by atoms with van der Waals surface area (Å²) in [6, 6.07) is 6.35. The molecule has 1 fully saturated rings. The zero-order valence-electron chi connectivity index (χ0n) is 10.9. The number of benzene rings is 1. The number of hydrogen-bond donors (Lipinski definition) is 1. The van der Waals surface area contributed by atoms with Crippen molar-refractivity contribution in [3.63, 3.8) is 0 Å². The van der Waals surface area contributed by atoms with Crippen molar-refractivity contribution in [3.05, 3.63) is 34.9 Å². The number of fused-ring (bicyclic) bond motifs is 1. The number of nitrogens with zero attached hydrogens (tertiary/aromatic N) is 1. The molecule has 0 spiro atoms. The first kappa shape index (κ1) is 11.9. The van der Waals surface area contributed by atoms with E-state index in [1.165, 1.54) is 11.1 Å². The Bertz CT molecular complexity index is 464. The van der Waals surface area contributed by atoms with E-state index in [0.29, 0.717) is 5.78 Å². The predicted molar refractivity (Wildman–Crippen MR) is 72.1 cm³/mol. The van der Waals surface area contributed by atoms with Crippen LogP contribution in [0.1, 0.15) is 27.9 Å². The number of carbonyl (C=O) groups is 1. The maximum absolute atomic E-state index is 12.6. The lowest BCUT2D eigenvalue weighted by Gasteiger charge is -2.36. The molecule has 18 heavy (non-hydrogen) atoms. The zero-order valence-corrected chi connectivity index (χ0v) is 10.9. The van der Waals surface area contributed by atoms with Crippen molar-refractivity contribution in [1.29, 1.82) is 0 Å². The summed E-state index contributed by atoms with van der Waals surface area (Å²) in [6.45, 7) is 6.09. The van der Waals surface area contributed by atoms with Gasteiger partial charge in [0.1, 0.15) is 0 Å². The number of rotatable bonds is 1. The van der Waals surface area contributed by atoms with Crippen LogP contribution in [0, 0.1) is 6.92 Å². The van der Waals surface area contributed by atoms with Gasteiger partial charge in [0.05, 0.1) is 6.04 Å². The van der Waals surface area contributed by atoms with E-state index in [1.807, 2.05) is 6.07 Å². The van der Waals surface area contributed by atoms with Crippen molar-refractivity contribution in [1.82, 2.24) is 10.2 Å². The molecule has 0 saturated carbocycles. The molecule has 1 unspecified atom stereocenters. The number of Topliss-reactive ketones (excluding diaryl/α,β-unsaturated/α-hetero) is 1. The highest BCUT2D eigenvalue weighted by Crippen LogP contribution is 2.25. The second-order valence-electron chi connectivity index (χ2n) is 5.37. The number of aryl methyl sites for hydroxylation is 2. The number of ketones is 1. The monoisotopic (exact) mass is 244 g/mol. The van der Waals surface area contributed by atoms with E-state index in [2.05, 4.69) is 29.3 Å². The summed E-state index contributed by atoms with van der Waals surface area (Å²) in [5, 5.41) is 3.34. The van der Waals surface area contributed by atoms with Crippen molar-refractivity contribution in [3.8, 4) is 0 Å². The molecule has 1 aliphatic heterocycles. The standard InChI is InChI=1S/C15H20N2O/c1-11-2-4-13-12(10-11)3-5-14(15(13)18)17-8-6-16-7-9-17/h2,4,10,14,16H,3,5-9H2,1H3. The number of hydrogen-bond acceptors (Lipinski definition) is 3. The Hall–Kier alpha value is -1.19. The molecule has 3 heteroatoms. The third kappa shape index (κ3) is 2.08. The molecular weight excluding hydrogens is 224 g/mol. The molecule has 1 atom stereocenters. The topological polar surface area (TPSA) is 32.3 Å². The fourth-order valence-electron chi connectivity index (χ4n) is 3.11. The minimum atomic E-state index is 0.113.